The molecule has 0 amide bonds. The summed E-state index contributed by atoms with van der Waals surface area (Å²) in [5.41, 5.74) is 4.01. The fourth-order valence-electron chi connectivity index (χ4n) is 3.15. The lowest BCUT2D eigenvalue weighted by molar-refractivity contribution is 0.0319. The van der Waals surface area contributed by atoms with Crippen molar-refractivity contribution < 1.29 is 9.47 Å². The predicted octanol–water partition coefficient (Wildman–Crippen LogP) is 2.93. The van der Waals surface area contributed by atoms with Gasteiger partial charge in [-0.15, -0.1) is 0 Å². The molecule has 1 saturated heterocycles. The maximum absolute atomic E-state index is 6.06. The second-order valence-electron chi connectivity index (χ2n) is 5.62. The topological polar surface area (TPSA) is 30.5 Å². The lowest BCUT2D eigenvalue weighted by atomic mass is 9.96. The molecule has 3 atom stereocenters. The van der Waals surface area contributed by atoms with E-state index in [4.69, 9.17) is 9.47 Å². The van der Waals surface area contributed by atoms with E-state index in [-0.39, 0.29) is 0 Å². The molecule has 0 saturated carbocycles. The third kappa shape index (κ3) is 2.69. The molecule has 0 spiro atoms. The van der Waals surface area contributed by atoms with E-state index in [1.54, 1.807) is 0 Å². The maximum atomic E-state index is 6.06. The van der Waals surface area contributed by atoms with Gasteiger partial charge in [-0.05, 0) is 43.0 Å². The Kier molecular flexibility index (Phi) is 3.87. The molecule has 1 N–H and O–H groups in total. The van der Waals surface area contributed by atoms with Crippen LogP contribution in [0.4, 0.5) is 0 Å². The Balaban J connectivity index is 1.83. The van der Waals surface area contributed by atoms with Crippen molar-refractivity contribution in [1.82, 2.24) is 5.32 Å². The van der Waals surface area contributed by atoms with Crippen molar-refractivity contribution in [1.29, 1.82) is 0 Å². The highest BCUT2D eigenvalue weighted by atomic mass is 16.5. The third-order valence-corrected chi connectivity index (χ3v) is 4.17. The molecule has 0 aromatic heterocycles. The van der Waals surface area contributed by atoms with Gasteiger partial charge in [0.05, 0.1) is 31.5 Å². The van der Waals surface area contributed by atoms with E-state index in [2.05, 4.69) is 37.4 Å². The molecule has 3 heteroatoms. The van der Waals surface area contributed by atoms with E-state index >= 15 is 0 Å². The van der Waals surface area contributed by atoms with Gasteiger partial charge < -0.3 is 14.8 Å². The minimum Gasteiger partial charge on any atom is -0.373 e. The second-order valence-corrected chi connectivity index (χ2v) is 5.62. The van der Waals surface area contributed by atoms with Gasteiger partial charge in [-0.25, -0.2) is 0 Å². The van der Waals surface area contributed by atoms with E-state index in [1.165, 1.54) is 23.1 Å². The Bertz CT molecular complexity index is 446. The highest BCUT2D eigenvalue weighted by Crippen LogP contribution is 2.32. The first-order valence-electron chi connectivity index (χ1n) is 7.36. The Morgan fingerprint density at radius 2 is 2.11 bits per heavy atom. The van der Waals surface area contributed by atoms with Crippen molar-refractivity contribution in [2.75, 3.05) is 6.54 Å². The number of hydrogen-bond donors (Lipinski definition) is 1. The minimum absolute atomic E-state index is 0.301. The number of ether oxygens (including phenoxy) is 2. The zero-order valence-corrected chi connectivity index (χ0v) is 11.8. The van der Waals surface area contributed by atoms with Crippen LogP contribution in [0.5, 0.6) is 0 Å². The maximum Gasteiger partial charge on any atom is 0.0774 e. The summed E-state index contributed by atoms with van der Waals surface area (Å²) >= 11 is 0. The van der Waals surface area contributed by atoms with Crippen LogP contribution in [0.1, 0.15) is 49.4 Å². The average Bonchev–Trinajstić information content (AvgIpc) is 3.03. The summed E-state index contributed by atoms with van der Waals surface area (Å²) in [7, 11) is 0. The highest BCUT2D eigenvalue weighted by Gasteiger charge is 2.30. The van der Waals surface area contributed by atoms with Gasteiger partial charge in [-0.1, -0.05) is 25.1 Å². The quantitative estimate of drug-likeness (QED) is 0.904. The standard InChI is InChI=1S/C16H23NO2/c1-3-17-16(15-7-4-11(2)19-15)12-5-6-13-9-18-10-14(13)8-12/h5-6,8,11,15-17H,3-4,7,9-10H2,1-2H3. The Labute approximate surface area is 115 Å². The first-order chi connectivity index (χ1) is 9.28. The average molecular weight is 261 g/mol. The summed E-state index contributed by atoms with van der Waals surface area (Å²) < 4.78 is 11.6. The van der Waals surface area contributed by atoms with E-state index in [9.17, 15) is 0 Å². The molecule has 1 aromatic rings. The fourth-order valence-corrected chi connectivity index (χ4v) is 3.15. The van der Waals surface area contributed by atoms with Gasteiger partial charge >= 0.3 is 0 Å². The number of likely N-dealkylation sites (N-methyl/N-ethyl adjacent to an activating group) is 1. The van der Waals surface area contributed by atoms with Crippen LogP contribution in [0, 0.1) is 0 Å². The Hall–Kier alpha value is -0.900. The van der Waals surface area contributed by atoms with Gasteiger partial charge in [0.1, 0.15) is 0 Å². The van der Waals surface area contributed by atoms with Gasteiger partial charge in [-0.3, -0.25) is 0 Å². The summed E-state index contributed by atoms with van der Waals surface area (Å²) in [6.07, 6.45) is 3.01. The third-order valence-electron chi connectivity index (χ3n) is 4.17. The smallest absolute Gasteiger partial charge is 0.0774 e. The monoisotopic (exact) mass is 261 g/mol. The van der Waals surface area contributed by atoms with Crippen LogP contribution >= 0.6 is 0 Å². The molecule has 19 heavy (non-hydrogen) atoms. The first-order valence-corrected chi connectivity index (χ1v) is 7.36. The number of rotatable bonds is 4. The first kappa shape index (κ1) is 13.1. The van der Waals surface area contributed by atoms with Crippen LogP contribution in [0.3, 0.4) is 0 Å². The number of benzene rings is 1. The molecule has 2 aliphatic rings. The van der Waals surface area contributed by atoms with Crippen LogP contribution in [-0.2, 0) is 22.7 Å². The molecule has 2 heterocycles. The molecule has 1 aromatic carbocycles. The molecule has 2 aliphatic heterocycles. The van der Waals surface area contributed by atoms with Crippen LogP contribution in [-0.4, -0.2) is 18.8 Å². The molecule has 1 fully saturated rings. The van der Waals surface area contributed by atoms with E-state index < -0.39 is 0 Å². The lowest BCUT2D eigenvalue weighted by Crippen LogP contribution is -2.32. The summed E-state index contributed by atoms with van der Waals surface area (Å²) in [4.78, 5) is 0. The molecule has 0 bridgehead atoms. The molecular formula is C16H23NO2. The van der Waals surface area contributed by atoms with Crippen LogP contribution in [0.2, 0.25) is 0 Å². The number of hydrogen-bond acceptors (Lipinski definition) is 3. The molecule has 3 rings (SSSR count). The number of nitrogens with one attached hydrogen (secondary N) is 1. The lowest BCUT2D eigenvalue weighted by Gasteiger charge is -2.25. The molecule has 3 unspecified atom stereocenters. The van der Waals surface area contributed by atoms with E-state index in [0.29, 0.717) is 18.2 Å². The Morgan fingerprint density at radius 1 is 1.26 bits per heavy atom. The van der Waals surface area contributed by atoms with Gasteiger partial charge in [0.25, 0.3) is 0 Å². The van der Waals surface area contributed by atoms with Crippen molar-refractivity contribution in [2.24, 2.45) is 0 Å². The molecule has 3 nitrogen and oxygen atoms in total. The highest BCUT2D eigenvalue weighted by molar-refractivity contribution is 5.35. The van der Waals surface area contributed by atoms with Gasteiger partial charge in [0.15, 0.2) is 0 Å². The van der Waals surface area contributed by atoms with Crippen molar-refractivity contribution in [3.63, 3.8) is 0 Å². The summed E-state index contributed by atoms with van der Waals surface area (Å²) in [6, 6.07) is 7.04. The SMILES string of the molecule is CCNC(c1ccc2c(c1)COC2)C1CCC(C)O1. The Morgan fingerprint density at radius 3 is 2.84 bits per heavy atom. The molecule has 0 radical (unpaired) electrons. The zero-order valence-electron chi connectivity index (χ0n) is 11.8. The second kappa shape index (κ2) is 5.61. The van der Waals surface area contributed by atoms with Crippen molar-refractivity contribution >= 4 is 0 Å². The summed E-state index contributed by atoms with van der Waals surface area (Å²) in [6.45, 7) is 6.80. The van der Waals surface area contributed by atoms with E-state index in [1.807, 2.05) is 0 Å². The predicted molar refractivity (Wildman–Crippen MR) is 74.9 cm³/mol. The number of fused-ring (bicyclic) bond motifs is 1. The van der Waals surface area contributed by atoms with Crippen LogP contribution < -0.4 is 5.32 Å². The molecular weight excluding hydrogens is 238 g/mol. The van der Waals surface area contributed by atoms with Gasteiger partial charge in [0, 0.05) is 0 Å². The fraction of sp³-hybridized carbons (Fsp3) is 0.625. The summed E-state index contributed by atoms with van der Waals surface area (Å²) in [5, 5.41) is 3.59. The van der Waals surface area contributed by atoms with Crippen molar-refractivity contribution in [3.05, 3.63) is 34.9 Å². The zero-order chi connectivity index (χ0) is 13.2. The summed E-state index contributed by atoms with van der Waals surface area (Å²) in [5.74, 6) is 0. The van der Waals surface area contributed by atoms with Crippen molar-refractivity contribution in [3.8, 4) is 0 Å². The van der Waals surface area contributed by atoms with E-state index in [0.717, 1.165) is 26.2 Å². The van der Waals surface area contributed by atoms with Crippen molar-refractivity contribution in [2.45, 2.75) is 58.2 Å². The molecule has 104 valence electrons. The van der Waals surface area contributed by atoms with Gasteiger partial charge in [-0.2, -0.15) is 0 Å². The van der Waals surface area contributed by atoms with Gasteiger partial charge in [0.2, 0.25) is 0 Å². The minimum atomic E-state index is 0.301. The molecule has 0 aliphatic carbocycles. The normalized spacial score (nSPS) is 27.5. The van der Waals surface area contributed by atoms with Crippen LogP contribution in [0.15, 0.2) is 18.2 Å². The largest absolute Gasteiger partial charge is 0.373 e. The van der Waals surface area contributed by atoms with Crippen LogP contribution in [0.25, 0.3) is 0 Å².